The van der Waals surface area contributed by atoms with E-state index in [9.17, 15) is 4.79 Å². The Balaban J connectivity index is 1.48. The second-order valence-electron chi connectivity index (χ2n) is 5.27. The number of fused-ring (bicyclic) bond motifs is 1. The quantitative estimate of drug-likeness (QED) is 0.796. The Hall–Kier alpha value is -3.35. The average molecular weight is 322 g/mol. The Labute approximate surface area is 137 Å². The molecule has 120 valence electrons. The average Bonchev–Trinajstić information content (AvgIpc) is 3.24. The number of rotatable bonds is 4. The summed E-state index contributed by atoms with van der Waals surface area (Å²) in [6.07, 6.45) is 1.75. The van der Waals surface area contributed by atoms with Crippen molar-refractivity contribution in [2.24, 2.45) is 0 Å². The van der Waals surface area contributed by atoms with E-state index in [4.69, 9.17) is 9.47 Å². The van der Waals surface area contributed by atoms with Crippen LogP contribution in [0.3, 0.4) is 0 Å². The molecule has 0 fully saturated rings. The maximum absolute atomic E-state index is 12.3. The minimum atomic E-state index is -0.159. The Kier molecular flexibility index (Phi) is 3.59. The summed E-state index contributed by atoms with van der Waals surface area (Å²) in [5, 5.41) is 10.8. The molecule has 0 saturated heterocycles. The Morgan fingerprint density at radius 1 is 1.12 bits per heavy atom. The lowest BCUT2D eigenvalue weighted by Gasteiger charge is -2.08. The number of hydrogen-bond acceptors (Lipinski definition) is 5. The molecule has 7 heteroatoms. The Bertz CT molecular complexity index is 877. The molecule has 4 rings (SSSR count). The summed E-state index contributed by atoms with van der Waals surface area (Å²) in [7, 11) is 0. The minimum Gasteiger partial charge on any atom is -0.454 e. The van der Waals surface area contributed by atoms with E-state index in [2.05, 4.69) is 15.6 Å². The third-order valence-corrected chi connectivity index (χ3v) is 3.62. The van der Waals surface area contributed by atoms with Gasteiger partial charge in [-0.1, -0.05) is 23.4 Å². The smallest absolute Gasteiger partial charge is 0.231 e. The number of para-hydroxylation sites is 1. The summed E-state index contributed by atoms with van der Waals surface area (Å²) >= 11 is 0. The van der Waals surface area contributed by atoms with Crippen LogP contribution >= 0.6 is 0 Å². The monoisotopic (exact) mass is 322 g/mol. The molecule has 0 radical (unpaired) electrons. The predicted molar refractivity (Wildman–Crippen MR) is 86.3 cm³/mol. The standard InChI is InChI=1S/C17H14N4O3/c22-17(19-12-6-7-15-16(8-12)24-11-23-15)9-14-10-18-20-21(14)13-4-2-1-3-5-13/h1-8,10H,9,11H2,(H,19,22). The first kappa shape index (κ1) is 14.3. The van der Waals surface area contributed by atoms with Crippen molar-refractivity contribution in [2.45, 2.75) is 6.42 Å². The zero-order valence-corrected chi connectivity index (χ0v) is 12.7. The Morgan fingerprint density at radius 2 is 1.96 bits per heavy atom. The van der Waals surface area contributed by atoms with E-state index < -0.39 is 0 Å². The van der Waals surface area contributed by atoms with Crippen molar-refractivity contribution in [2.75, 3.05) is 12.1 Å². The molecule has 1 amide bonds. The maximum atomic E-state index is 12.3. The summed E-state index contributed by atoms with van der Waals surface area (Å²) in [5.74, 6) is 1.15. The van der Waals surface area contributed by atoms with E-state index in [1.807, 2.05) is 30.3 Å². The summed E-state index contributed by atoms with van der Waals surface area (Å²) in [6, 6.07) is 14.9. The number of hydrogen-bond donors (Lipinski definition) is 1. The van der Waals surface area contributed by atoms with Crippen LogP contribution < -0.4 is 14.8 Å². The maximum Gasteiger partial charge on any atom is 0.231 e. The lowest BCUT2D eigenvalue weighted by Crippen LogP contribution is -2.16. The molecule has 1 N–H and O–H groups in total. The van der Waals surface area contributed by atoms with Gasteiger partial charge in [0.2, 0.25) is 12.7 Å². The van der Waals surface area contributed by atoms with E-state index >= 15 is 0 Å². The molecule has 2 aromatic carbocycles. The van der Waals surface area contributed by atoms with Crippen LogP contribution in [-0.2, 0) is 11.2 Å². The van der Waals surface area contributed by atoms with Crippen LogP contribution in [0.25, 0.3) is 5.69 Å². The zero-order chi connectivity index (χ0) is 16.4. The number of nitrogens with zero attached hydrogens (tertiary/aromatic N) is 3. The molecule has 0 spiro atoms. The third-order valence-electron chi connectivity index (χ3n) is 3.62. The number of aromatic nitrogens is 3. The van der Waals surface area contributed by atoms with Crippen molar-refractivity contribution in [3.8, 4) is 17.2 Å². The normalized spacial score (nSPS) is 12.2. The first-order chi connectivity index (χ1) is 11.8. The van der Waals surface area contributed by atoms with E-state index in [-0.39, 0.29) is 19.1 Å². The molecular weight excluding hydrogens is 308 g/mol. The summed E-state index contributed by atoms with van der Waals surface area (Å²) in [4.78, 5) is 12.3. The van der Waals surface area contributed by atoms with Crippen LogP contribution in [0.5, 0.6) is 11.5 Å². The van der Waals surface area contributed by atoms with Crippen LogP contribution in [0.1, 0.15) is 5.69 Å². The first-order valence-electron chi connectivity index (χ1n) is 7.44. The van der Waals surface area contributed by atoms with E-state index in [0.717, 1.165) is 5.69 Å². The molecule has 1 aliphatic rings. The highest BCUT2D eigenvalue weighted by molar-refractivity contribution is 5.92. The van der Waals surface area contributed by atoms with Gasteiger partial charge in [-0.3, -0.25) is 4.79 Å². The molecule has 0 atom stereocenters. The van der Waals surface area contributed by atoms with Crippen LogP contribution in [0.4, 0.5) is 5.69 Å². The van der Waals surface area contributed by atoms with E-state index in [1.54, 1.807) is 29.1 Å². The van der Waals surface area contributed by atoms with Gasteiger partial charge in [0.25, 0.3) is 0 Å². The van der Waals surface area contributed by atoms with Crippen molar-refractivity contribution < 1.29 is 14.3 Å². The van der Waals surface area contributed by atoms with Gasteiger partial charge in [0, 0.05) is 11.8 Å². The van der Waals surface area contributed by atoms with Crippen LogP contribution in [0.15, 0.2) is 54.7 Å². The molecule has 0 unspecified atom stereocenters. The highest BCUT2D eigenvalue weighted by Gasteiger charge is 2.15. The van der Waals surface area contributed by atoms with Gasteiger partial charge < -0.3 is 14.8 Å². The van der Waals surface area contributed by atoms with Gasteiger partial charge in [-0.25, -0.2) is 4.68 Å². The van der Waals surface area contributed by atoms with Gasteiger partial charge in [-0.15, -0.1) is 5.10 Å². The fraction of sp³-hybridized carbons (Fsp3) is 0.118. The molecule has 24 heavy (non-hydrogen) atoms. The predicted octanol–water partition coefficient (Wildman–Crippen LogP) is 2.18. The van der Waals surface area contributed by atoms with Gasteiger partial charge >= 0.3 is 0 Å². The summed E-state index contributed by atoms with van der Waals surface area (Å²) < 4.78 is 12.2. The van der Waals surface area contributed by atoms with Gasteiger partial charge in [0.1, 0.15) is 0 Å². The second kappa shape index (κ2) is 6.04. The van der Waals surface area contributed by atoms with Crippen molar-refractivity contribution in [1.29, 1.82) is 0 Å². The van der Waals surface area contributed by atoms with Crippen LogP contribution in [0.2, 0.25) is 0 Å². The zero-order valence-electron chi connectivity index (χ0n) is 12.7. The summed E-state index contributed by atoms with van der Waals surface area (Å²) in [6.45, 7) is 0.203. The number of anilines is 1. The van der Waals surface area contributed by atoms with E-state index in [0.29, 0.717) is 22.9 Å². The minimum absolute atomic E-state index is 0.159. The number of nitrogens with one attached hydrogen (secondary N) is 1. The van der Waals surface area contributed by atoms with Crippen molar-refractivity contribution in [3.63, 3.8) is 0 Å². The molecule has 1 aromatic heterocycles. The van der Waals surface area contributed by atoms with Crippen molar-refractivity contribution >= 4 is 11.6 Å². The third kappa shape index (κ3) is 2.79. The highest BCUT2D eigenvalue weighted by atomic mass is 16.7. The van der Waals surface area contributed by atoms with Crippen LogP contribution in [0, 0.1) is 0 Å². The number of ether oxygens (including phenoxy) is 2. The van der Waals surface area contributed by atoms with Gasteiger partial charge in [-0.2, -0.15) is 0 Å². The van der Waals surface area contributed by atoms with E-state index in [1.165, 1.54) is 0 Å². The molecule has 2 heterocycles. The van der Waals surface area contributed by atoms with Crippen LogP contribution in [-0.4, -0.2) is 27.7 Å². The molecule has 0 aliphatic carbocycles. The van der Waals surface area contributed by atoms with Crippen molar-refractivity contribution in [3.05, 3.63) is 60.4 Å². The lowest BCUT2D eigenvalue weighted by molar-refractivity contribution is -0.115. The SMILES string of the molecule is O=C(Cc1cnnn1-c1ccccc1)Nc1ccc2c(c1)OCO2. The molecule has 7 nitrogen and oxygen atoms in total. The molecule has 3 aromatic rings. The molecule has 1 aliphatic heterocycles. The van der Waals surface area contributed by atoms with Gasteiger partial charge in [-0.05, 0) is 24.3 Å². The first-order valence-corrected chi connectivity index (χ1v) is 7.44. The number of benzene rings is 2. The highest BCUT2D eigenvalue weighted by Crippen LogP contribution is 2.34. The molecule has 0 bridgehead atoms. The second-order valence-corrected chi connectivity index (χ2v) is 5.27. The molecular formula is C17H14N4O3. The van der Waals surface area contributed by atoms with Gasteiger partial charge in [0.15, 0.2) is 11.5 Å². The Morgan fingerprint density at radius 3 is 2.83 bits per heavy atom. The summed E-state index contributed by atoms with van der Waals surface area (Å²) in [5.41, 5.74) is 2.23. The number of amides is 1. The largest absolute Gasteiger partial charge is 0.454 e. The topological polar surface area (TPSA) is 78.3 Å². The van der Waals surface area contributed by atoms with Gasteiger partial charge in [0.05, 0.1) is 24.0 Å². The number of carbonyl (C=O) groups is 1. The number of carbonyl (C=O) groups excluding carboxylic acids is 1. The molecule has 0 saturated carbocycles. The van der Waals surface area contributed by atoms with Crippen molar-refractivity contribution in [1.82, 2.24) is 15.0 Å². The fourth-order valence-electron chi connectivity index (χ4n) is 2.51. The fourth-order valence-corrected chi connectivity index (χ4v) is 2.51. The lowest BCUT2D eigenvalue weighted by atomic mass is 10.2.